The van der Waals surface area contributed by atoms with Crippen molar-refractivity contribution in [2.24, 2.45) is 5.73 Å². The van der Waals surface area contributed by atoms with Crippen LogP contribution in [0.25, 0.3) is 0 Å². The Morgan fingerprint density at radius 3 is 2.40 bits per heavy atom. The number of aryl methyl sites for hydroxylation is 1. The van der Waals surface area contributed by atoms with Crippen LogP contribution in [0.15, 0.2) is 38.1 Å². The molecule has 0 radical (unpaired) electrons. The van der Waals surface area contributed by atoms with E-state index in [1.54, 1.807) is 25.1 Å². The largest absolute Gasteiger partial charge is 0.326 e. The number of anilines is 1. The Labute approximate surface area is 138 Å². The van der Waals surface area contributed by atoms with E-state index in [-0.39, 0.29) is 4.90 Å². The molecule has 0 aliphatic rings. The Bertz CT molecular complexity index is 722. The third kappa shape index (κ3) is 3.25. The number of nitrogens with two attached hydrogens (primary N) is 1. The van der Waals surface area contributed by atoms with E-state index in [9.17, 15) is 8.42 Å². The topological polar surface area (TPSA) is 72.2 Å². The summed E-state index contributed by atoms with van der Waals surface area (Å²) >= 11 is 8.06. The number of rotatable bonds is 4. The second kappa shape index (κ2) is 6.15. The molecular formula is C12H12Br2N2O2S2. The predicted molar refractivity (Wildman–Crippen MR) is 89.6 cm³/mol. The summed E-state index contributed by atoms with van der Waals surface area (Å²) in [7, 11) is -3.63. The van der Waals surface area contributed by atoms with E-state index in [1.807, 2.05) is 6.07 Å². The van der Waals surface area contributed by atoms with Crippen LogP contribution in [0, 0.1) is 6.92 Å². The fraction of sp³-hybridized carbons (Fsp3) is 0.167. The number of sulfonamides is 1. The van der Waals surface area contributed by atoms with E-state index in [1.165, 1.54) is 11.3 Å². The van der Waals surface area contributed by atoms with Gasteiger partial charge in [-0.15, -0.1) is 11.3 Å². The van der Waals surface area contributed by atoms with Gasteiger partial charge in [0.25, 0.3) is 10.0 Å². The lowest BCUT2D eigenvalue weighted by Gasteiger charge is -2.11. The van der Waals surface area contributed by atoms with Gasteiger partial charge in [-0.25, -0.2) is 8.42 Å². The van der Waals surface area contributed by atoms with Crippen LogP contribution in [0.2, 0.25) is 0 Å². The number of nitrogens with one attached hydrogen (secondary N) is 1. The molecule has 4 nitrogen and oxygen atoms in total. The summed E-state index contributed by atoms with van der Waals surface area (Å²) in [5.41, 5.74) is 6.04. The zero-order valence-electron chi connectivity index (χ0n) is 10.5. The van der Waals surface area contributed by atoms with E-state index in [4.69, 9.17) is 5.73 Å². The molecule has 0 spiro atoms. The molecule has 0 amide bonds. The van der Waals surface area contributed by atoms with Crippen LogP contribution in [0.4, 0.5) is 5.69 Å². The molecule has 0 atom stereocenters. The lowest BCUT2D eigenvalue weighted by molar-refractivity contribution is 0.601. The Hall–Kier alpha value is -0.410. The van der Waals surface area contributed by atoms with Gasteiger partial charge in [0.2, 0.25) is 0 Å². The average molecular weight is 440 g/mol. The quantitative estimate of drug-likeness (QED) is 0.759. The Balaban J connectivity index is 2.43. The molecule has 20 heavy (non-hydrogen) atoms. The van der Waals surface area contributed by atoms with Crippen LogP contribution in [-0.4, -0.2) is 8.42 Å². The number of thiophene rings is 1. The van der Waals surface area contributed by atoms with Crippen molar-refractivity contribution in [3.8, 4) is 0 Å². The Morgan fingerprint density at radius 2 is 1.90 bits per heavy atom. The minimum atomic E-state index is -3.63. The predicted octanol–water partition coefficient (Wildman–Crippen LogP) is 3.84. The molecule has 1 aromatic heterocycles. The van der Waals surface area contributed by atoms with Crippen molar-refractivity contribution in [3.63, 3.8) is 0 Å². The molecule has 2 aromatic rings. The molecule has 1 heterocycles. The highest BCUT2D eigenvalue weighted by Crippen LogP contribution is 2.34. The first-order valence-electron chi connectivity index (χ1n) is 5.61. The van der Waals surface area contributed by atoms with Gasteiger partial charge in [0, 0.05) is 25.2 Å². The zero-order chi connectivity index (χ0) is 14.9. The molecule has 0 unspecified atom stereocenters. The van der Waals surface area contributed by atoms with Gasteiger partial charge >= 0.3 is 0 Å². The second-order valence-electron chi connectivity index (χ2n) is 4.04. The molecule has 0 bridgehead atoms. The smallest absolute Gasteiger partial charge is 0.263 e. The van der Waals surface area contributed by atoms with Gasteiger partial charge < -0.3 is 5.73 Å². The van der Waals surface area contributed by atoms with Gasteiger partial charge in [-0.1, -0.05) is 6.07 Å². The maximum Gasteiger partial charge on any atom is 0.263 e. The van der Waals surface area contributed by atoms with Gasteiger partial charge in [-0.2, -0.15) is 0 Å². The number of benzene rings is 1. The molecular weight excluding hydrogens is 428 g/mol. The fourth-order valence-electron chi connectivity index (χ4n) is 1.68. The Morgan fingerprint density at radius 1 is 1.30 bits per heavy atom. The standard InChI is InChI=1S/C12H12Br2N2O2S2/c1-7-11(5-8(6-15)19-7)20(17,18)16-12-9(13)3-2-4-10(12)14/h2-5,16H,6,15H2,1H3. The first-order chi connectivity index (χ1) is 9.35. The summed E-state index contributed by atoms with van der Waals surface area (Å²) in [6.07, 6.45) is 0. The van der Waals surface area contributed by atoms with Crippen molar-refractivity contribution < 1.29 is 8.42 Å². The molecule has 0 fully saturated rings. The maximum absolute atomic E-state index is 12.5. The number of hydrogen-bond acceptors (Lipinski definition) is 4. The number of para-hydroxylation sites is 1. The van der Waals surface area contributed by atoms with Crippen LogP contribution in [-0.2, 0) is 16.6 Å². The summed E-state index contributed by atoms with van der Waals surface area (Å²) in [6, 6.07) is 6.98. The van der Waals surface area contributed by atoms with Crippen LogP contribution >= 0.6 is 43.2 Å². The summed E-state index contributed by atoms with van der Waals surface area (Å²) in [4.78, 5) is 1.83. The molecule has 8 heteroatoms. The lowest BCUT2D eigenvalue weighted by atomic mass is 10.3. The minimum Gasteiger partial charge on any atom is -0.326 e. The lowest BCUT2D eigenvalue weighted by Crippen LogP contribution is -2.14. The maximum atomic E-state index is 12.5. The van der Waals surface area contributed by atoms with Crippen LogP contribution in [0.3, 0.4) is 0 Å². The first kappa shape index (κ1) is 16.0. The van der Waals surface area contributed by atoms with Crippen LogP contribution < -0.4 is 10.5 Å². The summed E-state index contributed by atoms with van der Waals surface area (Å²) < 4.78 is 28.9. The van der Waals surface area contributed by atoms with Crippen molar-refractivity contribution in [1.82, 2.24) is 0 Å². The third-order valence-electron chi connectivity index (χ3n) is 2.61. The molecule has 0 aliphatic heterocycles. The SMILES string of the molecule is Cc1sc(CN)cc1S(=O)(=O)Nc1c(Br)cccc1Br. The van der Waals surface area contributed by atoms with Crippen molar-refractivity contribution in [3.05, 3.63) is 43.0 Å². The molecule has 3 N–H and O–H groups in total. The van der Waals surface area contributed by atoms with Crippen LogP contribution in [0.1, 0.15) is 9.75 Å². The minimum absolute atomic E-state index is 0.269. The first-order valence-corrected chi connectivity index (χ1v) is 9.50. The van der Waals surface area contributed by atoms with Gasteiger partial charge in [-0.05, 0) is 57.0 Å². The van der Waals surface area contributed by atoms with E-state index in [0.29, 0.717) is 21.2 Å². The summed E-state index contributed by atoms with van der Waals surface area (Å²) in [5.74, 6) is 0. The van der Waals surface area contributed by atoms with Crippen molar-refractivity contribution in [1.29, 1.82) is 0 Å². The zero-order valence-corrected chi connectivity index (χ0v) is 15.3. The highest BCUT2D eigenvalue weighted by Gasteiger charge is 2.21. The monoisotopic (exact) mass is 438 g/mol. The third-order valence-corrected chi connectivity index (χ3v) is 6.61. The summed E-state index contributed by atoms with van der Waals surface area (Å²) in [6.45, 7) is 2.10. The Kier molecular flexibility index (Phi) is 4.91. The van der Waals surface area contributed by atoms with Crippen LogP contribution in [0.5, 0.6) is 0 Å². The van der Waals surface area contributed by atoms with E-state index in [2.05, 4.69) is 36.6 Å². The molecule has 0 saturated heterocycles. The van der Waals surface area contributed by atoms with Gasteiger partial charge in [0.1, 0.15) is 4.90 Å². The molecule has 2 rings (SSSR count). The molecule has 0 aliphatic carbocycles. The van der Waals surface area contributed by atoms with Crippen molar-refractivity contribution in [2.45, 2.75) is 18.4 Å². The van der Waals surface area contributed by atoms with E-state index < -0.39 is 10.0 Å². The molecule has 108 valence electrons. The van der Waals surface area contributed by atoms with Crippen molar-refractivity contribution >= 4 is 58.9 Å². The normalized spacial score (nSPS) is 11.6. The average Bonchev–Trinajstić information content (AvgIpc) is 2.76. The highest BCUT2D eigenvalue weighted by molar-refractivity contribution is 9.11. The van der Waals surface area contributed by atoms with Gasteiger partial charge in [-0.3, -0.25) is 4.72 Å². The van der Waals surface area contributed by atoms with E-state index >= 15 is 0 Å². The number of hydrogen-bond donors (Lipinski definition) is 2. The van der Waals surface area contributed by atoms with E-state index in [0.717, 1.165) is 9.75 Å². The second-order valence-corrected chi connectivity index (χ2v) is 8.74. The number of halogens is 2. The molecule has 1 aromatic carbocycles. The fourth-order valence-corrected chi connectivity index (χ4v) is 5.75. The summed E-state index contributed by atoms with van der Waals surface area (Å²) in [5, 5.41) is 0. The van der Waals surface area contributed by atoms with Crippen molar-refractivity contribution in [2.75, 3.05) is 4.72 Å². The van der Waals surface area contributed by atoms with Gasteiger partial charge in [0.15, 0.2) is 0 Å². The molecule has 0 saturated carbocycles. The van der Waals surface area contributed by atoms with Gasteiger partial charge in [0.05, 0.1) is 5.69 Å². The highest BCUT2D eigenvalue weighted by atomic mass is 79.9.